The van der Waals surface area contributed by atoms with E-state index in [4.69, 9.17) is 14.2 Å². The number of hydrogen-bond acceptors (Lipinski definition) is 5. The van der Waals surface area contributed by atoms with Crippen molar-refractivity contribution in [3.05, 3.63) is 24.0 Å². The standard InChI is InChI=1S/C15H21NO4/c1-11(2)20-13-8-12(9-16-10-13)14(17)15(18-3)4-6-19-7-5-15/h8-11H,4-7H2,1-3H3. The van der Waals surface area contributed by atoms with E-state index >= 15 is 0 Å². The van der Waals surface area contributed by atoms with Crippen LogP contribution < -0.4 is 4.74 Å². The molecule has 1 aliphatic rings. The number of pyridine rings is 1. The maximum atomic E-state index is 12.7. The second kappa shape index (κ2) is 6.33. The maximum Gasteiger partial charge on any atom is 0.196 e. The molecule has 2 rings (SSSR count). The number of aromatic nitrogens is 1. The Kier molecular flexibility index (Phi) is 4.73. The molecule has 0 radical (unpaired) electrons. The first-order chi connectivity index (χ1) is 9.57. The van der Waals surface area contributed by atoms with Gasteiger partial charge in [-0.3, -0.25) is 9.78 Å². The van der Waals surface area contributed by atoms with Crippen LogP contribution in [0.25, 0.3) is 0 Å². The Morgan fingerprint density at radius 1 is 1.35 bits per heavy atom. The van der Waals surface area contributed by atoms with E-state index < -0.39 is 5.60 Å². The molecule has 1 saturated heterocycles. The lowest BCUT2D eigenvalue weighted by molar-refractivity contribution is -0.0663. The molecule has 0 saturated carbocycles. The summed E-state index contributed by atoms with van der Waals surface area (Å²) in [5.74, 6) is 0.550. The Balaban J connectivity index is 2.23. The van der Waals surface area contributed by atoms with E-state index in [0.717, 1.165) is 0 Å². The predicted molar refractivity (Wildman–Crippen MR) is 74.1 cm³/mol. The van der Waals surface area contributed by atoms with Crippen molar-refractivity contribution in [2.75, 3.05) is 20.3 Å². The molecule has 20 heavy (non-hydrogen) atoms. The summed E-state index contributed by atoms with van der Waals surface area (Å²) in [5.41, 5.74) is -0.275. The summed E-state index contributed by atoms with van der Waals surface area (Å²) in [4.78, 5) is 16.8. The molecule has 5 heteroatoms. The fourth-order valence-electron chi connectivity index (χ4n) is 2.37. The van der Waals surface area contributed by atoms with Crippen molar-refractivity contribution in [3.8, 4) is 5.75 Å². The monoisotopic (exact) mass is 279 g/mol. The Hall–Kier alpha value is -1.46. The van der Waals surface area contributed by atoms with Gasteiger partial charge < -0.3 is 14.2 Å². The van der Waals surface area contributed by atoms with Crippen LogP contribution in [0.5, 0.6) is 5.75 Å². The Bertz CT molecular complexity index is 467. The predicted octanol–water partition coefficient (Wildman–Crippen LogP) is 2.25. The van der Waals surface area contributed by atoms with Gasteiger partial charge >= 0.3 is 0 Å². The molecule has 0 spiro atoms. The first kappa shape index (κ1) is 14.9. The third-order valence-corrected chi connectivity index (χ3v) is 3.45. The first-order valence-electron chi connectivity index (χ1n) is 6.87. The number of Topliss-reactive ketones (excluding diaryl/α,β-unsaturated/α-hetero) is 1. The largest absolute Gasteiger partial charge is 0.489 e. The molecule has 0 amide bonds. The van der Waals surface area contributed by atoms with Crippen LogP contribution in [0.15, 0.2) is 18.5 Å². The lowest BCUT2D eigenvalue weighted by Gasteiger charge is -2.34. The van der Waals surface area contributed by atoms with Crippen LogP contribution in [0.2, 0.25) is 0 Å². The molecule has 0 bridgehead atoms. The SMILES string of the molecule is COC1(C(=O)c2cncc(OC(C)C)c2)CCOCC1. The summed E-state index contributed by atoms with van der Waals surface area (Å²) in [7, 11) is 1.57. The van der Waals surface area contributed by atoms with E-state index in [1.807, 2.05) is 13.8 Å². The smallest absolute Gasteiger partial charge is 0.196 e. The van der Waals surface area contributed by atoms with Gasteiger partial charge in [0.2, 0.25) is 0 Å². The van der Waals surface area contributed by atoms with Gasteiger partial charge in [-0.25, -0.2) is 0 Å². The number of ketones is 1. The lowest BCUT2D eigenvalue weighted by Crippen LogP contribution is -2.45. The number of nitrogens with zero attached hydrogens (tertiary/aromatic N) is 1. The van der Waals surface area contributed by atoms with Crippen molar-refractivity contribution in [2.45, 2.75) is 38.4 Å². The van der Waals surface area contributed by atoms with E-state index in [0.29, 0.717) is 37.4 Å². The molecule has 5 nitrogen and oxygen atoms in total. The first-order valence-corrected chi connectivity index (χ1v) is 6.87. The van der Waals surface area contributed by atoms with Crippen LogP contribution in [0, 0.1) is 0 Å². The third kappa shape index (κ3) is 3.16. The minimum Gasteiger partial charge on any atom is -0.489 e. The minimum atomic E-state index is -0.795. The average Bonchev–Trinajstić information content (AvgIpc) is 2.47. The van der Waals surface area contributed by atoms with Crippen molar-refractivity contribution in [3.63, 3.8) is 0 Å². The molecule has 1 aromatic heterocycles. The fourth-order valence-corrected chi connectivity index (χ4v) is 2.37. The zero-order valence-electron chi connectivity index (χ0n) is 12.2. The lowest BCUT2D eigenvalue weighted by atomic mass is 9.86. The highest BCUT2D eigenvalue weighted by Gasteiger charge is 2.40. The number of ether oxygens (including phenoxy) is 3. The summed E-state index contributed by atoms with van der Waals surface area (Å²) >= 11 is 0. The zero-order valence-corrected chi connectivity index (χ0v) is 12.2. The van der Waals surface area contributed by atoms with Crippen LogP contribution >= 0.6 is 0 Å². The molecule has 0 aromatic carbocycles. The summed E-state index contributed by atoms with van der Waals surface area (Å²) in [6.07, 6.45) is 4.35. The molecule has 1 aromatic rings. The molecule has 0 atom stereocenters. The second-order valence-electron chi connectivity index (χ2n) is 5.22. The van der Waals surface area contributed by atoms with E-state index in [9.17, 15) is 4.79 Å². The van der Waals surface area contributed by atoms with Gasteiger partial charge in [0.25, 0.3) is 0 Å². The number of rotatable bonds is 5. The van der Waals surface area contributed by atoms with Crippen LogP contribution in [0.1, 0.15) is 37.0 Å². The number of carbonyl (C=O) groups is 1. The Morgan fingerprint density at radius 2 is 2.05 bits per heavy atom. The van der Waals surface area contributed by atoms with Gasteiger partial charge in [-0.1, -0.05) is 0 Å². The molecule has 1 aliphatic heterocycles. The van der Waals surface area contributed by atoms with Crippen molar-refractivity contribution < 1.29 is 19.0 Å². The van der Waals surface area contributed by atoms with Crippen molar-refractivity contribution >= 4 is 5.78 Å². The van der Waals surface area contributed by atoms with Crippen molar-refractivity contribution in [1.29, 1.82) is 0 Å². The van der Waals surface area contributed by atoms with Crippen LogP contribution in [0.4, 0.5) is 0 Å². The summed E-state index contributed by atoms with van der Waals surface area (Å²) in [5, 5.41) is 0. The van der Waals surface area contributed by atoms with E-state index in [1.165, 1.54) is 0 Å². The van der Waals surface area contributed by atoms with Crippen LogP contribution in [-0.4, -0.2) is 42.8 Å². The highest BCUT2D eigenvalue weighted by atomic mass is 16.5. The molecule has 2 heterocycles. The second-order valence-corrected chi connectivity index (χ2v) is 5.22. The van der Waals surface area contributed by atoms with Gasteiger partial charge in [0.05, 0.1) is 12.3 Å². The minimum absolute atomic E-state index is 0.0432. The van der Waals surface area contributed by atoms with Crippen molar-refractivity contribution in [1.82, 2.24) is 4.98 Å². The van der Waals surface area contributed by atoms with Crippen LogP contribution in [-0.2, 0) is 9.47 Å². The highest BCUT2D eigenvalue weighted by molar-refractivity contribution is 6.02. The van der Waals surface area contributed by atoms with Gasteiger partial charge in [-0.05, 0) is 19.9 Å². The van der Waals surface area contributed by atoms with E-state index in [2.05, 4.69) is 4.98 Å². The maximum absolute atomic E-state index is 12.7. The number of hydrogen-bond donors (Lipinski definition) is 0. The van der Waals surface area contributed by atoms with Crippen molar-refractivity contribution in [2.24, 2.45) is 0 Å². The van der Waals surface area contributed by atoms with Gasteiger partial charge in [-0.2, -0.15) is 0 Å². The summed E-state index contributed by atoms with van der Waals surface area (Å²) < 4.78 is 16.4. The zero-order chi connectivity index (χ0) is 14.6. The molecule has 0 aliphatic carbocycles. The fraction of sp³-hybridized carbons (Fsp3) is 0.600. The Morgan fingerprint density at radius 3 is 2.65 bits per heavy atom. The third-order valence-electron chi connectivity index (χ3n) is 3.45. The molecular formula is C15H21NO4. The quantitative estimate of drug-likeness (QED) is 0.774. The van der Waals surface area contributed by atoms with Gasteiger partial charge in [0, 0.05) is 44.9 Å². The van der Waals surface area contributed by atoms with Crippen LogP contribution in [0.3, 0.4) is 0 Å². The molecule has 0 N–H and O–H groups in total. The summed E-state index contributed by atoms with van der Waals surface area (Å²) in [6, 6.07) is 1.73. The van der Waals surface area contributed by atoms with E-state index in [-0.39, 0.29) is 11.9 Å². The van der Waals surface area contributed by atoms with Gasteiger partial charge in [0.15, 0.2) is 5.78 Å². The topological polar surface area (TPSA) is 57.7 Å². The van der Waals surface area contributed by atoms with E-state index in [1.54, 1.807) is 25.6 Å². The Labute approximate surface area is 119 Å². The highest BCUT2D eigenvalue weighted by Crippen LogP contribution is 2.29. The molecular weight excluding hydrogens is 258 g/mol. The van der Waals surface area contributed by atoms with Gasteiger partial charge in [0.1, 0.15) is 11.4 Å². The molecule has 1 fully saturated rings. The normalized spacial score (nSPS) is 18.0. The molecule has 110 valence electrons. The number of carbonyl (C=O) groups excluding carboxylic acids is 1. The van der Waals surface area contributed by atoms with Gasteiger partial charge in [-0.15, -0.1) is 0 Å². The number of methoxy groups -OCH3 is 1. The average molecular weight is 279 g/mol. The molecule has 0 unspecified atom stereocenters. The summed E-state index contributed by atoms with van der Waals surface area (Å²) in [6.45, 7) is 4.94.